The van der Waals surface area contributed by atoms with Gasteiger partial charge >= 0.3 is 0 Å². The number of nitrogens with zero attached hydrogens (tertiary/aromatic N) is 3. The third-order valence-corrected chi connectivity index (χ3v) is 3.99. The lowest BCUT2D eigenvalue weighted by atomic mass is 10.2. The Bertz CT molecular complexity index is 900. The number of fused-ring (bicyclic) bond motifs is 1. The Morgan fingerprint density at radius 1 is 1.25 bits per heavy atom. The molecular formula is C13H12N4O2S. The number of benzene rings is 1. The van der Waals surface area contributed by atoms with Gasteiger partial charge in [-0.3, -0.25) is 0 Å². The maximum absolute atomic E-state index is 11.4. The molecule has 0 spiro atoms. The number of nitrogens with two attached hydrogens (primary N) is 1. The SMILES string of the molecule is Cc1ccnc2c1cnn2-c1cccc(S(N)(=O)=O)c1. The summed E-state index contributed by atoms with van der Waals surface area (Å²) in [4.78, 5) is 4.34. The molecule has 102 valence electrons. The van der Waals surface area contributed by atoms with E-state index in [0.717, 1.165) is 10.9 Å². The summed E-state index contributed by atoms with van der Waals surface area (Å²) < 4.78 is 24.4. The third-order valence-electron chi connectivity index (χ3n) is 3.08. The van der Waals surface area contributed by atoms with E-state index in [-0.39, 0.29) is 4.90 Å². The van der Waals surface area contributed by atoms with Crippen molar-refractivity contribution in [3.63, 3.8) is 0 Å². The van der Waals surface area contributed by atoms with Crippen molar-refractivity contribution >= 4 is 21.1 Å². The second-order valence-electron chi connectivity index (χ2n) is 4.46. The Hall–Kier alpha value is -2.25. The zero-order valence-electron chi connectivity index (χ0n) is 10.7. The van der Waals surface area contributed by atoms with Crippen LogP contribution in [-0.4, -0.2) is 23.2 Å². The third kappa shape index (κ3) is 2.06. The second-order valence-corrected chi connectivity index (χ2v) is 6.03. The number of pyridine rings is 1. The number of aryl methyl sites for hydroxylation is 1. The first-order valence-corrected chi connectivity index (χ1v) is 7.44. The van der Waals surface area contributed by atoms with Gasteiger partial charge in [-0.05, 0) is 36.8 Å². The molecule has 2 heterocycles. The summed E-state index contributed by atoms with van der Waals surface area (Å²) in [5.74, 6) is 0. The van der Waals surface area contributed by atoms with E-state index in [1.807, 2.05) is 13.0 Å². The van der Waals surface area contributed by atoms with Crippen LogP contribution in [-0.2, 0) is 10.0 Å². The highest BCUT2D eigenvalue weighted by molar-refractivity contribution is 7.89. The molecule has 0 saturated carbocycles. The van der Waals surface area contributed by atoms with Gasteiger partial charge in [-0.1, -0.05) is 6.07 Å². The van der Waals surface area contributed by atoms with Crippen LogP contribution in [0, 0.1) is 6.92 Å². The molecular weight excluding hydrogens is 276 g/mol. The van der Waals surface area contributed by atoms with E-state index in [1.54, 1.807) is 29.2 Å². The standard InChI is InChI=1S/C13H12N4O2S/c1-9-5-6-15-13-12(9)8-16-17(13)10-3-2-4-11(7-10)20(14,18)19/h2-8H,1H3,(H2,14,18,19). The number of hydrogen-bond donors (Lipinski definition) is 1. The maximum Gasteiger partial charge on any atom is 0.238 e. The first-order chi connectivity index (χ1) is 9.47. The largest absolute Gasteiger partial charge is 0.238 e. The maximum atomic E-state index is 11.4. The minimum absolute atomic E-state index is 0.0475. The van der Waals surface area contributed by atoms with Crippen LogP contribution in [0.5, 0.6) is 0 Å². The van der Waals surface area contributed by atoms with Crippen LogP contribution in [0.1, 0.15) is 5.56 Å². The molecule has 0 saturated heterocycles. The zero-order valence-corrected chi connectivity index (χ0v) is 11.5. The van der Waals surface area contributed by atoms with Crippen molar-refractivity contribution in [1.29, 1.82) is 0 Å². The average Bonchev–Trinajstić information content (AvgIpc) is 2.83. The summed E-state index contributed by atoms with van der Waals surface area (Å²) in [6.45, 7) is 1.97. The van der Waals surface area contributed by atoms with Crippen LogP contribution in [0.2, 0.25) is 0 Å². The lowest BCUT2D eigenvalue weighted by Crippen LogP contribution is -2.12. The van der Waals surface area contributed by atoms with Crippen molar-refractivity contribution in [2.75, 3.05) is 0 Å². The Morgan fingerprint density at radius 3 is 2.80 bits per heavy atom. The van der Waals surface area contributed by atoms with Gasteiger partial charge in [0, 0.05) is 11.6 Å². The molecule has 0 aliphatic carbocycles. The lowest BCUT2D eigenvalue weighted by Gasteiger charge is -2.05. The number of rotatable bonds is 2. The monoisotopic (exact) mass is 288 g/mol. The van der Waals surface area contributed by atoms with E-state index in [4.69, 9.17) is 5.14 Å². The van der Waals surface area contributed by atoms with Gasteiger partial charge in [0.1, 0.15) is 0 Å². The van der Waals surface area contributed by atoms with Gasteiger partial charge in [0.15, 0.2) is 5.65 Å². The van der Waals surface area contributed by atoms with Gasteiger partial charge < -0.3 is 0 Å². The summed E-state index contributed by atoms with van der Waals surface area (Å²) in [6.07, 6.45) is 3.40. The summed E-state index contributed by atoms with van der Waals surface area (Å²) >= 11 is 0. The van der Waals surface area contributed by atoms with E-state index >= 15 is 0 Å². The van der Waals surface area contributed by atoms with Crippen molar-refractivity contribution in [3.05, 3.63) is 48.3 Å². The molecule has 2 N–H and O–H groups in total. The Labute approximate surface area is 115 Å². The fourth-order valence-electron chi connectivity index (χ4n) is 2.04. The molecule has 0 unspecified atom stereocenters. The highest BCUT2D eigenvalue weighted by atomic mass is 32.2. The highest BCUT2D eigenvalue weighted by Crippen LogP contribution is 2.20. The summed E-state index contributed by atoms with van der Waals surface area (Å²) in [6, 6.07) is 8.20. The lowest BCUT2D eigenvalue weighted by molar-refractivity contribution is 0.597. The number of sulfonamides is 1. The van der Waals surface area contributed by atoms with Gasteiger partial charge in [-0.15, -0.1) is 0 Å². The molecule has 1 aromatic carbocycles. The molecule has 0 bridgehead atoms. The van der Waals surface area contributed by atoms with Crippen molar-refractivity contribution in [1.82, 2.24) is 14.8 Å². The predicted molar refractivity (Wildman–Crippen MR) is 75.0 cm³/mol. The molecule has 3 aromatic rings. The number of hydrogen-bond acceptors (Lipinski definition) is 4. The number of aromatic nitrogens is 3. The topological polar surface area (TPSA) is 90.9 Å². The Kier molecular flexibility index (Phi) is 2.81. The molecule has 20 heavy (non-hydrogen) atoms. The van der Waals surface area contributed by atoms with Gasteiger partial charge in [-0.25, -0.2) is 23.2 Å². The van der Waals surface area contributed by atoms with Crippen molar-refractivity contribution in [3.8, 4) is 5.69 Å². The fraction of sp³-hybridized carbons (Fsp3) is 0.0769. The van der Waals surface area contributed by atoms with Crippen molar-refractivity contribution in [2.24, 2.45) is 5.14 Å². The molecule has 0 radical (unpaired) electrons. The van der Waals surface area contributed by atoms with E-state index in [9.17, 15) is 8.42 Å². The molecule has 2 aromatic heterocycles. The second kappa shape index (κ2) is 4.39. The molecule has 0 amide bonds. The molecule has 3 rings (SSSR count). The Balaban J connectivity index is 2.24. The van der Waals surface area contributed by atoms with Gasteiger partial charge in [0.2, 0.25) is 10.0 Å². The summed E-state index contributed by atoms with van der Waals surface area (Å²) in [5.41, 5.74) is 2.34. The van der Waals surface area contributed by atoms with Crippen LogP contribution < -0.4 is 5.14 Å². The van der Waals surface area contributed by atoms with Crippen LogP contribution in [0.4, 0.5) is 0 Å². The highest BCUT2D eigenvalue weighted by Gasteiger charge is 2.12. The van der Waals surface area contributed by atoms with Gasteiger partial charge in [0.25, 0.3) is 0 Å². The summed E-state index contributed by atoms with van der Waals surface area (Å²) in [5, 5.41) is 10.3. The molecule has 0 atom stereocenters. The minimum Gasteiger partial charge on any atom is -0.237 e. The smallest absolute Gasteiger partial charge is 0.237 e. The Morgan fingerprint density at radius 2 is 2.05 bits per heavy atom. The molecule has 6 nitrogen and oxygen atoms in total. The first kappa shape index (κ1) is 12.8. The molecule has 0 fully saturated rings. The van der Waals surface area contributed by atoms with Crippen LogP contribution in [0.15, 0.2) is 47.6 Å². The van der Waals surface area contributed by atoms with E-state index < -0.39 is 10.0 Å². The minimum atomic E-state index is -3.74. The van der Waals surface area contributed by atoms with Crippen molar-refractivity contribution in [2.45, 2.75) is 11.8 Å². The normalized spacial score (nSPS) is 11.9. The molecule has 0 aliphatic rings. The average molecular weight is 288 g/mol. The predicted octanol–water partition coefficient (Wildman–Crippen LogP) is 1.38. The number of primary sulfonamides is 1. The van der Waals surface area contributed by atoms with Gasteiger partial charge in [-0.2, -0.15) is 5.10 Å². The zero-order chi connectivity index (χ0) is 14.3. The summed E-state index contributed by atoms with van der Waals surface area (Å²) in [7, 11) is -3.74. The van der Waals surface area contributed by atoms with Gasteiger partial charge in [0.05, 0.1) is 16.8 Å². The van der Waals surface area contributed by atoms with E-state index in [0.29, 0.717) is 11.3 Å². The van der Waals surface area contributed by atoms with E-state index in [2.05, 4.69) is 10.1 Å². The van der Waals surface area contributed by atoms with Crippen LogP contribution >= 0.6 is 0 Å². The first-order valence-electron chi connectivity index (χ1n) is 5.89. The quantitative estimate of drug-likeness (QED) is 0.771. The van der Waals surface area contributed by atoms with Crippen LogP contribution in [0.25, 0.3) is 16.7 Å². The molecule has 7 heteroatoms. The van der Waals surface area contributed by atoms with Crippen molar-refractivity contribution < 1.29 is 8.42 Å². The fourth-order valence-corrected chi connectivity index (χ4v) is 2.59. The van der Waals surface area contributed by atoms with E-state index in [1.165, 1.54) is 12.1 Å². The molecule has 0 aliphatic heterocycles. The van der Waals surface area contributed by atoms with Crippen LogP contribution in [0.3, 0.4) is 0 Å².